The maximum Gasteiger partial charge on any atom is 0.293 e. The van der Waals surface area contributed by atoms with Crippen molar-refractivity contribution in [1.29, 1.82) is 5.26 Å². The fourth-order valence-electron chi connectivity index (χ4n) is 2.34. The van der Waals surface area contributed by atoms with Crippen LogP contribution < -0.4 is 10.1 Å². The van der Waals surface area contributed by atoms with Gasteiger partial charge in [-0.25, -0.2) is 9.37 Å². The van der Waals surface area contributed by atoms with Gasteiger partial charge in [0, 0.05) is 24.9 Å². The minimum absolute atomic E-state index is 0.175. The van der Waals surface area contributed by atoms with Crippen molar-refractivity contribution in [3.63, 3.8) is 0 Å². The van der Waals surface area contributed by atoms with Crippen LogP contribution in [-0.2, 0) is 6.54 Å². The van der Waals surface area contributed by atoms with Gasteiger partial charge in [0.05, 0.1) is 16.6 Å². The molecule has 0 fully saturated rings. The molecule has 1 N–H and O–H groups in total. The molecule has 0 bridgehead atoms. The number of halogens is 1. The fraction of sp³-hybridized carbons (Fsp3) is 0.0526. The number of nitriles is 1. The Kier molecular flexibility index (Phi) is 5.23. The summed E-state index contributed by atoms with van der Waals surface area (Å²) in [5, 5.41) is 23.0. The van der Waals surface area contributed by atoms with Crippen LogP contribution in [0.3, 0.4) is 0 Å². The lowest BCUT2D eigenvalue weighted by molar-refractivity contribution is -0.384. The molecule has 0 amide bonds. The van der Waals surface area contributed by atoms with E-state index in [1.165, 1.54) is 42.5 Å². The van der Waals surface area contributed by atoms with Crippen molar-refractivity contribution < 1.29 is 14.1 Å². The second-order valence-corrected chi connectivity index (χ2v) is 5.51. The highest BCUT2D eigenvalue weighted by atomic mass is 19.1. The summed E-state index contributed by atoms with van der Waals surface area (Å²) in [5.74, 6) is 0.393. The van der Waals surface area contributed by atoms with Crippen molar-refractivity contribution in [2.24, 2.45) is 0 Å². The van der Waals surface area contributed by atoms with Crippen LogP contribution in [0.5, 0.6) is 11.6 Å². The first-order chi connectivity index (χ1) is 13.0. The minimum atomic E-state index is -0.543. The molecular formula is C19H13FN4O3. The molecule has 1 heterocycles. The van der Waals surface area contributed by atoms with Crippen LogP contribution in [0.2, 0.25) is 0 Å². The average Bonchev–Trinajstić information content (AvgIpc) is 2.68. The van der Waals surface area contributed by atoms with Gasteiger partial charge in [-0.15, -0.1) is 0 Å². The van der Waals surface area contributed by atoms with Gasteiger partial charge in [-0.3, -0.25) is 10.1 Å². The molecule has 2 aromatic carbocycles. The summed E-state index contributed by atoms with van der Waals surface area (Å²) in [6.45, 7) is 0.287. The molecule has 27 heavy (non-hydrogen) atoms. The van der Waals surface area contributed by atoms with E-state index in [1.807, 2.05) is 6.07 Å². The SMILES string of the molecule is N#Cc1ccc(NCc2ccnc(Oc3ccc(F)cc3)c2)c([N+](=O)[O-])c1. The predicted molar refractivity (Wildman–Crippen MR) is 95.8 cm³/mol. The number of aromatic nitrogens is 1. The monoisotopic (exact) mass is 364 g/mol. The summed E-state index contributed by atoms with van der Waals surface area (Å²) in [4.78, 5) is 14.7. The standard InChI is InChI=1S/C19H13FN4O3/c20-15-2-4-16(5-3-15)27-19-10-14(7-8-22-19)12-23-17-6-1-13(11-21)9-18(17)24(25)26/h1-10,23H,12H2. The van der Waals surface area contributed by atoms with Gasteiger partial charge < -0.3 is 10.1 Å². The largest absolute Gasteiger partial charge is 0.439 e. The number of hydrogen-bond donors (Lipinski definition) is 1. The third-order valence-corrected chi connectivity index (χ3v) is 3.64. The second kappa shape index (κ2) is 7.93. The maximum atomic E-state index is 12.9. The Hall–Kier alpha value is -3.99. The number of rotatable bonds is 6. The van der Waals surface area contributed by atoms with Crippen molar-refractivity contribution in [2.45, 2.75) is 6.54 Å². The molecule has 0 unspecified atom stereocenters. The van der Waals surface area contributed by atoms with Crippen LogP contribution >= 0.6 is 0 Å². The molecule has 0 aliphatic rings. The van der Waals surface area contributed by atoms with Crippen LogP contribution in [0, 0.1) is 27.3 Å². The van der Waals surface area contributed by atoms with Gasteiger partial charge in [-0.2, -0.15) is 5.26 Å². The van der Waals surface area contributed by atoms with Gasteiger partial charge in [0.1, 0.15) is 17.3 Å². The average molecular weight is 364 g/mol. The highest BCUT2D eigenvalue weighted by molar-refractivity contribution is 5.64. The molecule has 0 atom stereocenters. The molecule has 1 aromatic heterocycles. The van der Waals surface area contributed by atoms with E-state index >= 15 is 0 Å². The second-order valence-electron chi connectivity index (χ2n) is 5.51. The van der Waals surface area contributed by atoms with E-state index in [0.717, 1.165) is 5.56 Å². The third-order valence-electron chi connectivity index (χ3n) is 3.64. The van der Waals surface area contributed by atoms with Gasteiger partial charge in [-0.1, -0.05) is 0 Å². The quantitative estimate of drug-likeness (QED) is 0.514. The molecule has 3 aromatic rings. The lowest BCUT2D eigenvalue weighted by Crippen LogP contribution is -2.03. The Balaban J connectivity index is 1.73. The molecular weight excluding hydrogens is 351 g/mol. The molecule has 7 nitrogen and oxygen atoms in total. The smallest absolute Gasteiger partial charge is 0.293 e. The first kappa shape index (κ1) is 17.8. The van der Waals surface area contributed by atoms with Crippen LogP contribution in [0.15, 0.2) is 60.8 Å². The van der Waals surface area contributed by atoms with Crippen molar-refractivity contribution >= 4 is 11.4 Å². The van der Waals surface area contributed by atoms with Crippen LogP contribution in [0.1, 0.15) is 11.1 Å². The topological polar surface area (TPSA) is 101 Å². The zero-order valence-electron chi connectivity index (χ0n) is 13.9. The number of anilines is 1. The number of benzene rings is 2. The highest BCUT2D eigenvalue weighted by Crippen LogP contribution is 2.26. The van der Waals surface area contributed by atoms with E-state index in [9.17, 15) is 14.5 Å². The van der Waals surface area contributed by atoms with Crippen LogP contribution in [-0.4, -0.2) is 9.91 Å². The van der Waals surface area contributed by atoms with E-state index in [-0.39, 0.29) is 23.6 Å². The zero-order valence-corrected chi connectivity index (χ0v) is 13.9. The number of pyridine rings is 1. The van der Waals surface area contributed by atoms with Gasteiger partial charge in [0.15, 0.2) is 0 Å². The summed E-state index contributed by atoms with van der Waals surface area (Å²) >= 11 is 0. The predicted octanol–water partition coefficient (Wildman–Crippen LogP) is 4.40. The van der Waals surface area contributed by atoms with Gasteiger partial charge in [0.25, 0.3) is 5.69 Å². The summed E-state index contributed by atoms with van der Waals surface area (Å²) in [5.41, 5.74) is 1.12. The lowest BCUT2D eigenvalue weighted by Gasteiger charge is -2.09. The van der Waals surface area contributed by atoms with Crippen molar-refractivity contribution in [3.8, 4) is 17.7 Å². The Morgan fingerprint density at radius 3 is 2.67 bits per heavy atom. The number of nitro benzene ring substituents is 1. The zero-order chi connectivity index (χ0) is 19.2. The lowest BCUT2D eigenvalue weighted by atomic mass is 10.2. The van der Waals surface area contributed by atoms with E-state index in [4.69, 9.17) is 10.00 Å². The molecule has 0 radical (unpaired) electrons. The fourth-order valence-corrected chi connectivity index (χ4v) is 2.34. The van der Waals surface area contributed by atoms with Crippen LogP contribution in [0.4, 0.5) is 15.8 Å². The summed E-state index contributed by atoms with van der Waals surface area (Å²) in [7, 11) is 0. The van der Waals surface area contributed by atoms with E-state index in [0.29, 0.717) is 17.3 Å². The number of ether oxygens (including phenoxy) is 1. The maximum absolute atomic E-state index is 12.9. The molecule has 8 heteroatoms. The highest BCUT2D eigenvalue weighted by Gasteiger charge is 2.14. The molecule has 0 spiro atoms. The number of nitrogens with zero attached hydrogens (tertiary/aromatic N) is 3. The molecule has 0 saturated heterocycles. The normalized spacial score (nSPS) is 10.1. The van der Waals surface area contributed by atoms with Crippen LogP contribution in [0.25, 0.3) is 0 Å². The Morgan fingerprint density at radius 1 is 1.19 bits per heavy atom. The molecule has 3 rings (SSSR count). The Morgan fingerprint density at radius 2 is 1.96 bits per heavy atom. The van der Waals surface area contributed by atoms with Crippen molar-refractivity contribution in [3.05, 3.63) is 87.9 Å². The molecule has 0 aliphatic carbocycles. The van der Waals surface area contributed by atoms with Crippen molar-refractivity contribution in [1.82, 2.24) is 4.98 Å². The number of nitrogens with one attached hydrogen (secondary N) is 1. The molecule has 134 valence electrons. The number of nitro groups is 1. The molecule has 0 aliphatic heterocycles. The first-order valence-electron chi connectivity index (χ1n) is 7.86. The minimum Gasteiger partial charge on any atom is -0.439 e. The summed E-state index contributed by atoms with van der Waals surface area (Å²) < 4.78 is 18.5. The van der Waals surface area contributed by atoms with E-state index < -0.39 is 4.92 Å². The van der Waals surface area contributed by atoms with E-state index in [1.54, 1.807) is 18.3 Å². The Labute approximate surface area is 153 Å². The van der Waals surface area contributed by atoms with Gasteiger partial charge in [0.2, 0.25) is 5.88 Å². The van der Waals surface area contributed by atoms with Gasteiger partial charge in [-0.05, 0) is 48.0 Å². The third kappa shape index (κ3) is 4.55. The summed E-state index contributed by atoms with van der Waals surface area (Å²) in [6.07, 6.45) is 1.54. The first-order valence-corrected chi connectivity index (χ1v) is 7.86. The summed E-state index contributed by atoms with van der Waals surface area (Å²) in [6, 6.07) is 15.0. The number of hydrogen-bond acceptors (Lipinski definition) is 6. The van der Waals surface area contributed by atoms with Gasteiger partial charge >= 0.3 is 0 Å². The van der Waals surface area contributed by atoms with Crippen molar-refractivity contribution in [2.75, 3.05) is 5.32 Å². The molecule has 0 saturated carbocycles. The van der Waals surface area contributed by atoms with E-state index in [2.05, 4.69) is 10.3 Å². The Bertz CT molecular complexity index is 1020.